The van der Waals surface area contributed by atoms with E-state index in [2.05, 4.69) is 33.0 Å². The van der Waals surface area contributed by atoms with Crippen molar-refractivity contribution in [2.75, 3.05) is 26.8 Å². The van der Waals surface area contributed by atoms with E-state index in [0.29, 0.717) is 6.54 Å². The van der Waals surface area contributed by atoms with Crippen molar-refractivity contribution in [2.45, 2.75) is 58.4 Å². The van der Waals surface area contributed by atoms with E-state index in [0.717, 1.165) is 62.1 Å². The fraction of sp³-hybridized carbons (Fsp3) is 0.625. The lowest BCUT2D eigenvalue weighted by Gasteiger charge is -2.37. The van der Waals surface area contributed by atoms with Gasteiger partial charge in [-0.2, -0.15) is 0 Å². The fourth-order valence-electron chi connectivity index (χ4n) is 4.36. The van der Waals surface area contributed by atoms with E-state index in [4.69, 9.17) is 9.73 Å². The molecule has 3 rings (SSSR count). The van der Waals surface area contributed by atoms with Crippen LogP contribution in [0.5, 0.6) is 5.75 Å². The van der Waals surface area contributed by atoms with Crippen LogP contribution in [0.25, 0.3) is 0 Å². The molecule has 0 saturated heterocycles. The summed E-state index contributed by atoms with van der Waals surface area (Å²) in [5.41, 5.74) is 1.39. The van der Waals surface area contributed by atoms with Crippen molar-refractivity contribution in [3.05, 3.63) is 41.5 Å². The highest BCUT2D eigenvalue weighted by atomic mass is 16.5. The monoisotopic (exact) mass is 442 g/mol. The lowest BCUT2D eigenvalue weighted by Crippen LogP contribution is -2.45. The van der Waals surface area contributed by atoms with Crippen molar-refractivity contribution in [2.24, 2.45) is 17.5 Å². The first kappa shape index (κ1) is 24.0. The average molecular weight is 443 g/mol. The molecule has 0 amide bonds. The van der Waals surface area contributed by atoms with Gasteiger partial charge in [0, 0.05) is 26.7 Å². The van der Waals surface area contributed by atoms with Crippen LogP contribution < -0.4 is 15.4 Å². The molecule has 0 radical (unpaired) electrons. The molecule has 176 valence electrons. The van der Waals surface area contributed by atoms with Crippen LogP contribution in [0.4, 0.5) is 0 Å². The molecule has 1 aliphatic carbocycles. The summed E-state index contributed by atoms with van der Waals surface area (Å²) in [6.07, 6.45) is 7.79. The summed E-state index contributed by atoms with van der Waals surface area (Å²) < 4.78 is 7.21. The van der Waals surface area contributed by atoms with Crippen LogP contribution in [0.3, 0.4) is 0 Å². The number of aliphatic imine (C=N–C) groups is 1. The molecule has 8 nitrogen and oxygen atoms in total. The summed E-state index contributed by atoms with van der Waals surface area (Å²) >= 11 is 0. The molecule has 1 aliphatic rings. The van der Waals surface area contributed by atoms with Crippen LogP contribution in [0, 0.1) is 12.3 Å². The van der Waals surface area contributed by atoms with Gasteiger partial charge < -0.3 is 25.0 Å². The summed E-state index contributed by atoms with van der Waals surface area (Å²) in [7, 11) is 3.64. The number of rotatable bonds is 10. The minimum atomic E-state index is 0.146. The predicted molar refractivity (Wildman–Crippen MR) is 127 cm³/mol. The zero-order valence-electron chi connectivity index (χ0n) is 19.7. The molecule has 1 aromatic heterocycles. The molecule has 0 aliphatic heterocycles. The largest absolute Gasteiger partial charge is 0.497 e. The van der Waals surface area contributed by atoms with Gasteiger partial charge in [-0.25, -0.2) is 4.99 Å². The Morgan fingerprint density at radius 2 is 1.91 bits per heavy atom. The topological polar surface area (TPSA) is 96.6 Å². The van der Waals surface area contributed by atoms with E-state index in [9.17, 15) is 5.11 Å². The number of guanidine groups is 1. The van der Waals surface area contributed by atoms with Crippen molar-refractivity contribution in [3.8, 4) is 5.75 Å². The first-order chi connectivity index (χ1) is 15.5. The van der Waals surface area contributed by atoms with Gasteiger partial charge in [0.1, 0.15) is 18.1 Å². The number of aliphatic hydroxyl groups excluding tert-OH is 1. The Morgan fingerprint density at radius 1 is 1.16 bits per heavy atom. The normalized spacial score (nSPS) is 16.1. The average Bonchev–Trinajstić information content (AvgIpc) is 3.14. The second-order valence-corrected chi connectivity index (χ2v) is 8.80. The maximum absolute atomic E-state index is 9.64. The predicted octanol–water partition coefficient (Wildman–Crippen LogP) is 2.74. The lowest BCUT2D eigenvalue weighted by molar-refractivity contribution is 0.131. The van der Waals surface area contributed by atoms with Crippen molar-refractivity contribution in [1.82, 2.24) is 25.4 Å². The number of hydrogen-bond acceptors (Lipinski definition) is 5. The third-order valence-corrected chi connectivity index (χ3v) is 6.61. The molecule has 1 fully saturated rings. The fourth-order valence-corrected chi connectivity index (χ4v) is 4.36. The van der Waals surface area contributed by atoms with Gasteiger partial charge in [-0.15, -0.1) is 10.2 Å². The van der Waals surface area contributed by atoms with Gasteiger partial charge in [-0.3, -0.25) is 0 Å². The molecule has 0 unspecified atom stereocenters. The maximum atomic E-state index is 9.64. The number of aromatic nitrogens is 3. The Balaban J connectivity index is 1.63. The van der Waals surface area contributed by atoms with Crippen LogP contribution in [-0.4, -0.2) is 52.6 Å². The smallest absolute Gasteiger partial charge is 0.191 e. The van der Waals surface area contributed by atoms with E-state index < -0.39 is 0 Å². The third-order valence-electron chi connectivity index (χ3n) is 6.61. The number of methoxy groups -OCH3 is 1. The van der Waals surface area contributed by atoms with E-state index in [1.165, 1.54) is 24.8 Å². The van der Waals surface area contributed by atoms with E-state index >= 15 is 0 Å². The van der Waals surface area contributed by atoms with Gasteiger partial charge in [-0.05, 0) is 55.7 Å². The number of aliphatic hydroxyl groups is 1. The number of nitrogens with one attached hydrogen (secondary N) is 2. The van der Waals surface area contributed by atoms with Gasteiger partial charge in [0.2, 0.25) is 0 Å². The Hall–Kier alpha value is -2.61. The Kier molecular flexibility index (Phi) is 8.90. The Bertz CT molecular complexity index is 850. The number of benzene rings is 1. The highest BCUT2D eigenvalue weighted by Crippen LogP contribution is 2.38. The van der Waals surface area contributed by atoms with E-state index in [1.54, 1.807) is 7.11 Å². The molecule has 32 heavy (non-hydrogen) atoms. The minimum Gasteiger partial charge on any atom is -0.497 e. The van der Waals surface area contributed by atoms with Crippen LogP contribution in [0.15, 0.2) is 29.3 Å². The molecular formula is C24H38N6O2. The van der Waals surface area contributed by atoms with Crippen molar-refractivity contribution >= 4 is 5.96 Å². The van der Waals surface area contributed by atoms with Crippen molar-refractivity contribution in [3.63, 3.8) is 0 Å². The second kappa shape index (κ2) is 11.9. The standard InChI is InChI=1S/C24H38N6O2/c1-19-28-29-22(30(19)2)17-26-23(25-15-11-20-7-9-21(32-3)10-8-20)27-18-24(14-16-31)12-5-4-6-13-24/h7-10,31H,4-6,11-18H2,1-3H3,(H2,25,26,27). The summed E-state index contributed by atoms with van der Waals surface area (Å²) in [6.45, 7) is 4.22. The number of hydrogen-bond donors (Lipinski definition) is 3. The number of ether oxygens (including phenoxy) is 1. The molecule has 3 N–H and O–H groups in total. The molecule has 2 aromatic rings. The van der Waals surface area contributed by atoms with Crippen molar-refractivity contribution in [1.29, 1.82) is 0 Å². The van der Waals surface area contributed by atoms with Gasteiger partial charge in [0.25, 0.3) is 0 Å². The van der Waals surface area contributed by atoms with Gasteiger partial charge in [0.15, 0.2) is 11.8 Å². The zero-order chi connectivity index (χ0) is 22.8. The lowest BCUT2D eigenvalue weighted by atomic mass is 9.72. The summed E-state index contributed by atoms with van der Waals surface area (Å²) in [5.74, 6) is 3.36. The quantitative estimate of drug-likeness (QED) is 0.387. The van der Waals surface area contributed by atoms with E-state index in [-0.39, 0.29) is 12.0 Å². The maximum Gasteiger partial charge on any atom is 0.191 e. The highest BCUT2D eigenvalue weighted by Gasteiger charge is 2.31. The summed E-state index contributed by atoms with van der Waals surface area (Å²) in [5, 5.41) is 25.0. The molecule has 0 bridgehead atoms. The molecule has 1 saturated carbocycles. The number of aryl methyl sites for hydroxylation is 1. The van der Waals surface area contributed by atoms with Gasteiger partial charge in [-0.1, -0.05) is 31.4 Å². The van der Waals surface area contributed by atoms with Gasteiger partial charge >= 0.3 is 0 Å². The molecule has 1 aromatic carbocycles. The third kappa shape index (κ3) is 6.69. The molecule has 8 heteroatoms. The second-order valence-electron chi connectivity index (χ2n) is 8.80. The number of nitrogens with zero attached hydrogens (tertiary/aromatic N) is 4. The molecule has 0 atom stereocenters. The molecule has 1 heterocycles. The summed E-state index contributed by atoms with van der Waals surface area (Å²) in [6, 6.07) is 8.15. The summed E-state index contributed by atoms with van der Waals surface area (Å²) in [4.78, 5) is 4.79. The Morgan fingerprint density at radius 3 is 2.53 bits per heavy atom. The highest BCUT2D eigenvalue weighted by molar-refractivity contribution is 5.79. The van der Waals surface area contributed by atoms with Gasteiger partial charge in [0.05, 0.1) is 7.11 Å². The zero-order valence-corrected chi connectivity index (χ0v) is 19.7. The van der Waals surface area contributed by atoms with Crippen LogP contribution in [0.1, 0.15) is 55.7 Å². The van der Waals surface area contributed by atoms with Crippen molar-refractivity contribution < 1.29 is 9.84 Å². The minimum absolute atomic E-state index is 0.146. The SMILES string of the molecule is COc1ccc(CCNC(=NCc2nnc(C)n2C)NCC2(CCO)CCCCC2)cc1. The van der Waals surface area contributed by atoms with Crippen LogP contribution in [0.2, 0.25) is 0 Å². The van der Waals surface area contributed by atoms with E-state index in [1.807, 2.05) is 30.7 Å². The van der Waals surface area contributed by atoms with Crippen LogP contribution in [-0.2, 0) is 20.0 Å². The first-order valence-electron chi connectivity index (χ1n) is 11.7. The molecular weight excluding hydrogens is 404 g/mol. The molecule has 0 spiro atoms. The first-order valence-corrected chi connectivity index (χ1v) is 11.7. The Labute approximate surface area is 191 Å². The van der Waals surface area contributed by atoms with Crippen LogP contribution >= 0.6 is 0 Å².